The molecule has 0 aliphatic heterocycles. The lowest BCUT2D eigenvalue weighted by atomic mass is 10.1. The number of benzene rings is 4. The molecule has 0 radical (unpaired) electrons. The number of nitrogens with zero attached hydrogens (tertiary/aromatic N) is 4. The standard InChI is InChI=1S/C29H19N5O2/c35-27(21-11-6-12-22(16-21)29-34-33-28(36-29)19-8-2-1-3-9-19)31-23-13-7-10-20(17-23)26-18-30-24-14-4-5-15-25(24)32-26/h1-18H,(H,31,35). The molecule has 6 aromatic rings. The van der Waals surface area contributed by atoms with Gasteiger partial charge < -0.3 is 9.73 Å². The van der Waals surface area contributed by atoms with E-state index >= 15 is 0 Å². The quantitative estimate of drug-likeness (QED) is 0.320. The van der Waals surface area contributed by atoms with Gasteiger partial charge in [-0.2, -0.15) is 0 Å². The summed E-state index contributed by atoms with van der Waals surface area (Å²) in [5.74, 6) is 0.524. The van der Waals surface area contributed by atoms with Gasteiger partial charge in [-0.25, -0.2) is 4.98 Å². The number of anilines is 1. The van der Waals surface area contributed by atoms with E-state index in [2.05, 4.69) is 20.5 Å². The van der Waals surface area contributed by atoms with Crippen molar-refractivity contribution in [2.24, 2.45) is 0 Å². The average molecular weight is 470 g/mol. The highest BCUT2D eigenvalue weighted by atomic mass is 16.4. The van der Waals surface area contributed by atoms with Crippen LogP contribution in [0.2, 0.25) is 0 Å². The number of fused-ring (bicyclic) bond motifs is 1. The Hall–Kier alpha value is -5.17. The van der Waals surface area contributed by atoms with Crippen LogP contribution < -0.4 is 5.32 Å². The van der Waals surface area contributed by atoms with E-state index in [1.54, 1.807) is 24.4 Å². The number of carbonyl (C=O) groups is 1. The lowest BCUT2D eigenvalue weighted by Crippen LogP contribution is -2.11. The topological polar surface area (TPSA) is 93.8 Å². The zero-order valence-electron chi connectivity index (χ0n) is 19.0. The summed E-state index contributed by atoms with van der Waals surface area (Å²) in [6.45, 7) is 0. The summed E-state index contributed by atoms with van der Waals surface area (Å²) < 4.78 is 5.84. The number of amides is 1. The number of aromatic nitrogens is 4. The normalized spacial score (nSPS) is 10.9. The number of carbonyl (C=O) groups excluding carboxylic acids is 1. The first-order chi connectivity index (χ1) is 17.7. The van der Waals surface area contributed by atoms with Crippen molar-refractivity contribution in [2.45, 2.75) is 0 Å². The maximum absolute atomic E-state index is 13.0. The van der Waals surface area contributed by atoms with Crippen LogP contribution in [0, 0.1) is 0 Å². The van der Waals surface area contributed by atoms with Crippen molar-refractivity contribution in [3.8, 4) is 34.2 Å². The zero-order valence-corrected chi connectivity index (χ0v) is 19.0. The SMILES string of the molecule is O=C(Nc1cccc(-c2cnc3ccccc3n2)c1)c1cccc(-c2nnc(-c3ccccc3)o2)c1. The maximum atomic E-state index is 13.0. The van der Waals surface area contributed by atoms with Crippen molar-refractivity contribution in [3.63, 3.8) is 0 Å². The third-order valence-electron chi connectivity index (χ3n) is 5.68. The summed E-state index contributed by atoms with van der Waals surface area (Å²) in [4.78, 5) is 22.2. The second-order valence-corrected chi connectivity index (χ2v) is 8.14. The van der Waals surface area contributed by atoms with E-state index < -0.39 is 0 Å². The minimum absolute atomic E-state index is 0.249. The maximum Gasteiger partial charge on any atom is 0.255 e. The van der Waals surface area contributed by atoms with Crippen LogP contribution in [0.15, 0.2) is 114 Å². The van der Waals surface area contributed by atoms with E-state index in [9.17, 15) is 4.79 Å². The largest absolute Gasteiger partial charge is 0.416 e. The fourth-order valence-electron chi connectivity index (χ4n) is 3.89. The molecule has 0 aliphatic rings. The van der Waals surface area contributed by atoms with Gasteiger partial charge in [-0.1, -0.05) is 48.5 Å². The Morgan fingerprint density at radius 3 is 2.22 bits per heavy atom. The number of para-hydroxylation sites is 2. The van der Waals surface area contributed by atoms with Crippen molar-refractivity contribution < 1.29 is 9.21 Å². The Morgan fingerprint density at radius 1 is 0.667 bits per heavy atom. The molecule has 0 fully saturated rings. The molecule has 1 N–H and O–H groups in total. The Kier molecular flexibility index (Phi) is 5.48. The highest BCUT2D eigenvalue weighted by Gasteiger charge is 2.13. The molecule has 0 bridgehead atoms. The van der Waals surface area contributed by atoms with Gasteiger partial charge in [0.15, 0.2) is 0 Å². The van der Waals surface area contributed by atoms with Gasteiger partial charge in [0.05, 0.1) is 22.9 Å². The average Bonchev–Trinajstić information content (AvgIpc) is 3.44. The van der Waals surface area contributed by atoms with Crippen molar-refractivity contribution in [3.05, 3.63) is 115 Å². The molecule has 2 aromatic heterocycles. The lowest BCUT2D eigenvalue weighted by molar-refractivity contribution is 0.102. The second kappa shape index (κ2) is 9.23. The van der Waals surface area contributed by atoms with Crippen LogP contribution in [0.1, 0.15) is 10.4 Å². The van der Waals surface area contributed by atoms with E-state index in [1.165, 1.54) is 0 Å². The van der Waals surface area contributed by atoms with Crippen molar-refractivity contribution >= 4 is 22.6 Å². The molecule has 0 atom stereocenters. The second-order valence-electron chi connectivity index (χ2n) is 8.14. The summed E-state index contributed by atoms with van der Waals surface area (Å²) in [5, 5.41) is 11.2. The van der Waals surface area contributed by atoms with Gasteiger partial charge in [0.2, 0.25) is 11.8 Å². The van der Waals surface area contributed by atoms with Crippen molar-refractivity contribution in [1.29, 1.82) is 0 Å². The van der Waals surface area contributed by atoms with Gasteiger partial charge >= 0.3 is 0 Å². The van der Waals surface area contributed by atoms with Crippen LogP contribution in [0.5, 0.6) is 0 Å². The summed E-state index contributed by atoms with van der Waals surface area (Å²) in [5.41, 5.74) is 5.88. The molecule has 7 nitrogen and oxygen atoms in total. The van der Waals surface area contributed by atoms with Gasteiger partial charge in [-0.15, -0.1) is 10.2 Å². The third-order valence-corrected chi connectivity index (χ3v) is 5.68. The lowest BCUT2D eigenvalue weighted by Gasteiger charge is -2.08. The van der Waals surface area contributed by atoms with E-state index in [0.29, 0.717) is 28.6 Å². The molecule has 6 rings (SSSR count). The van der Waals surface area contributed by atoms with E-state index in [-0.39, 0.29) is 5.91 Å². The highest BCUT2D eigenvalue weighted by molar-refractivity contribution is 6.05. The van der Waals surface area contributed by atoms with E-state index in [0.717, 1.165) is 27.9 Å². The van der Waals surface area contributed by atoms with Gasteiger partial charge in [0, 0.05) is 27.9 Å². The Morgan fingerprint density at radius 2 is 1.36 bits per heavy atom. The number of hydrogen-bond donors (Lipinski definition) is 1. The molecule has 2 heterocycles. The first kappa shape index (κ1) is 21.4. The summed E-state index contributed by atoms with van der Waals surface area (Å²) in [6, 6.07) is 31.9. The van der Waals surface area contributed by atoms with Crippen LogP contribution in [0.25, 0.3) is 45.2 Å². The molecule has 172 valence electrons. The first-order valence-corrected chi connectivity index (χ1v) is 11.4. The molecule has 0 saturated carbocycles. The molecule has 4 aromatic carbocycles. The number of rotatable bonds is 5. The van der Waals surface area contributed by atoms with E-state index in [1.807, 2.05) is 84.9 Å². The summed E-state index contributed by atoms with van der Waals surface area (Å²) in [7, 11) is 0. The van der Waals surface area contributed by atoms with E-state index in [4.69, 9.17) is 9.40 Å². The van der Waals surface area contributed by atoms with Crippen LogP contribution in [0.4, 0.5) is 5.69 Å². The zero-order chi connectivity index (χ0) is 24.3. The number of nitrogens with one attached hydrogen (secondary N) is 1. The summed E-state index contributed by atoms with van der Waals surface area (Å²) in [6.07, 6.45) is 1.74. The molecular weight excluding hydrogens is 450 g/mol. The van der Waals surface area contributed by atoms with Gasteiger partial charge in [-0.3, -0.25) is 9.78 Å². The Balaban J connectivity index is 1.23. The van der Waals surface area contributed by atoms with Gasteiger partial charge in [-0.05, 0) is 54.6 Å². The molecular formula is C29H19N5O2. The number of hydrogen-bond acceptors (Lipinski definition) is 6. The molecule has 0 unspecified atom stereocenters. The molecule has 7 heteroatoms. The predicted molar refractivity (Wildman–Crippen MR) is 138 cm³/mol. The smallest absolute Gasteiger partial charge is 0.255 e. The monoisotopic (exact) mass is 469 g/mol. The predicted octanol–water partition coefficient (Wildman–Crippen LogP) is 6.27. The third kappa shape index (κ3) is 4.33. The Bertz CT molecular complexity index is 1700. The van der Waals surface area contributed by atoms with Crippen LogP contribution in [0.3, 0.4) is 0 Å². The van der Waals surface area contributed by atoms with Crippen molar-refractivity contribution in [2.75, 3.05) is 5.32 Å². The van der Waals surface area contributed by atoms with Crippen LogP contribution >= 0.6 is 0 Å². The molecule has 36 heavy (non-hydrogen) atoms. The Labute approximate surface area is 206 Å². The minimum Gasteiger partial charge on any atom is -0.416 e. The minimum atomic E-state index is -0.249. The molecule has 0 spiro atoms. The molecule has 1 amide bonds. The van der Waals surface area contributed by atoms with Crippen LogP contribution in [-0.4, -0.2) is 26.1 Å². The summed E-state index contributed by atoms with van der Waals surface area (Å²) >= 11 is 0. The fourth-order valence-corrected chi connectivity index (χ4v) is 3.89. The van der Waals surface area contributed by atoms with Gasteiger partial charge in [0.25, 0.3) is 5.91 Å². The molecule has 0 aliphatic carbocycles. The fraction of sp³-hybridized carbons (Fsp3) is 0. The van der Waals surface area contributed by atoms with Gasteiger partial charge in [0.1, 0.15) is 0 Å². The van der Waals surface area contributed by atoms with Crippen LogP contribution in [-0.2, 0) is 0 Å². The molecule has 0 saturated heterocycles. The highest BCUT2D eigenvalue weighted by Crippen LogP contribution is 2.26. The first-order valence-electron chi connectivity index (χ1n) is 11.4. The van der Waals surface area contributed by atoms with Crippen molar-refractivity contribution in [1.82, 2.24) is 20.2 Å².